The van der Waals surface area contributed by atoms with Gasteiger partial charge in [0.05, 0.1) is 17.9 Å². The number of ether oxygens (including phenoxy) is 1. The lowest BCUT2D eigenvalue weighted by atomic mass is 10.2. The quantitative estimate of drug-likeness (QED) is 0.858. The Balaban J connectivity index is 1.69. The predicted molar refractivity (Wildman–Crippen MR) is 92.2 cm³/mol. The second-order valence-electron chi connectivity index (χ2n) is 7.37. The zero-order chi connectivity index (χ0) is 19.1. The van der Waals surface area contributed by atoms with Crippen LogP contribution in [0.15, 0.2) is 18.3 Å². The van der Waals surface area contributed by atoms with Crippen LogP contribution in [0.4, 0.5) is 15.3 Å². The van der Waals surface area contributed by atoms with E-state index in [0.717, 1.165) is 0 Å². The molecule has 0 aromatic carbocycles. The summed E-state index contributed by atoms with van der Waals surface area (Å²) < 4.78 is 5.40. The minimum Gasteiger partial charge on any atom is -0.477 e. The van der Waals surface area contributed by atoms with Gasteiger partial charge in [-0.05, 0) is 32.9 Å². The monoisotopic (exact) mass is 362 g/mol. The molecule has 0 bridgehead atoms. The fourth-order valence-electron chi connectivity index (χ4n) is 3.09. The SMILES string of the molecule is CC(C)(C)OC(=O)N1CCN2C(=O)N(c3ccc(C(=O)O)nc3)CC2C1. The Bertz CT molecular complexity index is 728. The molecule has 0 radical (unpaired) electrons. The maximum absolute atomic E-state index is 12.6. The van der Waals surface area contributed by atoms with Crippen molar-refractivity contribution in [3.05, 3.63) is 24.0 Å². The molecule has 2 aliphatic rings. The van der Waals surface area contributed by atoms with Crippen LogP contribution in [0.1, 0.15) is 31.3 Å². The van der Waals surface area contributed by atoms with Crippen LogP contribution in [0.3, 0.4) is 0 Å². The Kier molecular flexibility index (Phi) is 4.47. The van der Waals surface area contributed by atoms with Gasteiger partial charge in [0.2, 0.25) is 0 Å². The van der Waals surface area contributed by atoms with Gasteiger partial charge in [0.25, 0.3) is 0 Å². The van der Waals surface area contributed by atoms with Gasteiger partial charge >= 0.3 is 18.1 Å². The van der Waals surface area contributed by atoms with Crippen LogP contribution in [0.2, 0.25) is 0 Å². The molecule has 1 aromatic heterocycles. The summed E-state index contributed by atoms with van der Waals surface area (Å²) in [6.45, 7) is 7.10. The molecule has 1 unspecified atom stereocenters. The highest BCUT2D eigenvalue weighted by atomic mass is 16.6. The van der Waals surface area contributed by atoms with E-state index in [-0.39, 0.29) is 23.9 Å². The molecule has 0 saturated carbocycles. The van der Waals surface area contributed by atoms with Gasteiger partial charge < -0.3 is 19.6 Å². The van der Waals surface area contributed by atoms with E-state index in [1.165, 1.54) is 12.3 Å². The summed E-state index contributed by atoms with van der Waals surface area (Å²) in [5, 5.41) is 8.92. The molecule has 3 heterocycles. The molecule has 9 heteroatoms. The number of anilines is 1. The van der Waals surface area contributed by atoms with Gasteiger partial charge in [-0.15, -0.1) is 0 Å². The van der Waals surface area contributed by atoms with Crippen molar-refractivity contribution in [2.45, 2.75) is 32.4 Å². The van der Waals surface area contributed by atoms with Crippen molar-refractivity contribution in [3.63, 3.8) is 0 Å². The van der Waals surface area contributed by atoms with Gasteiger partial charge in [-0.1, -0.05) is 0 Å². The van der Waals surface area contributed by atoms with E-state index >= 15 is 0 Å². The molecule has 2 fully saturated rings. The maximum atomic E-state index is 12.6. The third-order valence-electron chi connectivity index (χ3n) is 4.28. The Labute approximate surface area is 151 Å². The molecular formula is C17H22N4O5. The Hall–Kier alpha value is -2.84. The third-order valence-corrected chi connectivity index (χ3v) is 4.28. The summed E-state index contributed by atoms with van der Waals surface area (Å²) in [5.41, 5.74) is -0.101. The third kappa shape index (κ3) is 3.56. The fourth-order valence-corrected chi connectivity index (χ4v) is 3.09. The summed E-state index contributed by atoms with van der Waals surface area (Å²) in [6.07, 6.45) is 1.00. The number of hydrogen-bond donors (Lipinski definition) is 1. The zero-order valence-corrected chi connectivity index (χ0v) is 15.0. The lowest BCUT2D eigenvalue weighted by Crippen LogP contribution is -2.54. The molecule has 1 N–H and O–H groups in total. The number of piperazine rings is 1. The van der Waals surface area contributed by atoms with Crippen molar-refractivity contribution in [2.24, 2.45) is 0 Å². The maximum Gasteiger partial charge on any atom is 0.410 e. The molecule has 1 aromatic rings. The molecule has 3 rings (SSSR count). The van der Waals surface area contributed by atoms with E-state index in [1.807, 2.05) is 20.8 Å². The standard InChI is InChI=1S/C17H22N4O5/c1-17(2,3)26-16(25)19-6-7-20-12(9-19)10-21(15(20)24)11-4-5-13(14(22)23)18-8-11/h4-5,8,12H,6-7,9-10H2,1-3H3,(H,22,23). The van der Waals surface area contributed by atoms with Crippen LogP contribution in [0, 0.1) is 0 Å². The van der Waals surface area contributed by atoms with Crippen molar-refractivity contribution in [3.8, 4) is 0 Å². The molecule has 26 heavy (non-hydrogen) atoms. The van der Waals surface area contributed by atoms with Crippen molar-refractivity contribution >= 4 is 23.8 Å². The molecule has 3 amide bonds. The highest BCUT2D eigenvalue weighted by molar-refractivity contribution is 5.95. The van der Waals surface area contributed by atoms with Crippen molar-refractivity contribution in [2.75, 3.05) is 31.1 Å². The number of rotatable bonds is 2. The number of amides is 3. The minimum atomic E-state index is -1.12. The first-order valence-electron chi connectivity index (χ1n) is 8.41. The number of carboxylic acid groups (broad SMARTS) is 1. The van der Waals surface area contributed by atoms with Crippen molar-refractivity contribution < 1.29 is 24.2 Å². The first kappa shape index (κ1) is 18.0. The Morgan fingerprint density at radius 1 is 1.23 bits per heavy atom. The minimum absolute atomic E-state index is 0.0748. The lowest BCUT2D eigenvalue weighted by molar-refractivity contribution is 0.0128. The Morgan fingerprint density at radius 3 is 2.54 bits per heavy atom. The van der Waals surface area contributed by atoms with Crippen LogP contribution >= 0.6 is 0 Å². The van der Waals surface area contributed by atoms with Gasteiger partial charge in [-0.3, -0.25) is 4.90 Å². The second kappa shape index (κ2) is 6.47. The van der Waals surface area contributed by atoms with Crippen LogP contribution < -0.4 is 4.90 Å². The number of nitrogens with zero attached hydrogens (tertiary/aromatic N) is 4. The van der Waals surface area contributed by atoms with Gasteiger partial charge in [0, 0.05) is 26.2 Å². The number of carbonyl (C=O) groups excluding carboxylic acids is 2. The highest BCUT2D eigenvalue weighted by Crippen LogP contribution is 2.26. The Morgan fingerprint density at radius 2 is 1.96 bits per heavy atom. The van der Waals surface area contributed by atoms with Gasteiger partial charge in [-0.25, -0.2) is 19.4 Å². The zero-order valence-electron chi connectivity index (χ0n) is 15.0. The summed E-state index contributed by atoms with van der Waals surface area (Å²) >= 11 is 0. The first-order valence-corrected chi connectivity index (χ1v) is 8.41. The van der Waals surface area contributed by atoms with E-state index in [0.29, 0.717) is 31.9 Å². The normalized spacial score (nSPS) is 20.2. The summed E-state index contributed by atoms with van der Waals surface area (Å²) in [6, 6.07) is 2.64. The largest absolute Gasteiger partial charge is 0.477 e. The molecule has 0 spiro atoms. The number of hydrogen-bond acceptors (Lipinski definition) is 5. The van der Waals surface area contributed by atoms with Gasteiger partial charge in [-0.2, -0.15) is 0 Å². The number of aromatic nitrogens is 1. The molecule has 1 atom stereocenters. The summed E-state index contributed by atoms with van der Waals surface area (Å²) in [7, 11) is 0. The molecule has 0 aliphatic carbocycles. The molecule has 140 valence electrons. The number of aromatic carboxylic acids is 1. The summed E-state index contributed by atoms with van der Waals surface area (Å²) in [4.78, 5) is 44.6. The average Bonchev–Trinajstić information content (AvgIpc) is 2.90. The van der Waals surface area contributed by atoms with Gasteiger partial charge in [0.1, 0.15) is 11.3 Å². The smallest absolute Gasteiger partial charge is 0.410 e. The topological polar surface area (TPSA) is 103 Å². The van der Waals surface area contributed by atoms with Crippen LogP contribution in [0.25, 0.3) is 0 Å². The number of fused-ring (bicyclic) bond motifs is 1. The fraction of sp³-hybridized carbons (Fsp3) is 0.529. The number of carbonyl (C=O) groups is 3. The molecule has 9 nitrogen and oxygen atoms in total. The highest BCUT2D eigenvalue weighted by Gasteiger charge is 2.43. The van der Waals surface area contributed by atoms with E-state index in [2.05, 4.69) is 4.98 Å². The van der Waals surface area contributed by atoms with Crippen LogP contribution in [0.5, 0.6) is 0 Å². The van der Waals surface area contributed by atoms with Crippen LogP contribution in [-0.4, -0.2) is 75.8 Å². The predicted octanol–water partition coefficient (Wildman–Crippen LogP) is 1.64. The van der Waals surface area contributed by atoms with Crippen molar-refractivity contribution in [1.29, 1.82) is 0 Å². The number of urea groups is 1. The number of carboxylic acids is 1. The number of pyridine rings is 1. The van der Waals surface area contributed by atoms with E-state index in [4.69, 9.17) is 9.84 Å². The van der Waals surface area contributed by atoms with E-state index in [9.17, 15) is 14.4 Å². The summed E-state index contributed by atoms with van der Waals surface area (Å²) in [5.74, 6) is -1.12. The molecule has 2 aliphatic heterocycles. The van der Waals surface area contributed by atoms with Gasteiger partial charge in [0.15, 0.2) is 0 Å². The average molecular weight is 362 g/mol. The lowest BCUT2D eigenvalue weighted by Gasteiger charge is -2.36. The van der Waals surface area contributed by atoms with Crippen molar-refractivity contribution in [1.82, 2.24) is 14.8 Å². The molecule has 2 saturated heterocycles. The van der Waals surface area contributed by atoms with E-state index < -0.39 is 11.6 Å². The van der Waals surface area contributed by atoms with E-state index in [1.54, 1.807) is 20.8 Å². The first-order chi connectivity index (χ1) is 12.2. The molecular weight excluding hydrogens is 340 g/mol. The van der Waals surface area contributed by atoms with Crippen LogP contribution in [-0.2, 0) is 4.74 Å². The second-order valence-corrected chi connectivity index (χ2v) is 7.37.